The van der Waals surface area contributed by atoms with Crippen LogP contribution in [-0.2, 0) is 6.54 Å². The second kappa shape index (κ2) is 7.09. The highest BCUT2D eigenvalue weighted by molar-refractivity contribution is 9.10. The minimum atomic E-state index is -0.716. The van der Waals surface area contributed by atoms with E-state index in [0.29, 0.717) is 18.0 Å². The zero-order valence-electron chi connectivity index (χ0n) is 11.4. The van der Waals surface area contributed by atoms with E-state index in [1.807, 2.05) is 12.1 Å². The number of hydrogen-bond donors (Lipinski definition) is 3. The SMILES string of the molecule is COc1cc(Br)c(CNC(C)(CO)CO)cc1OC. The van der Waals surface area contributed by atoms with E-state index >= 15 is 0 Å². The van der Waals surface area contributed by atoms with Crippen molar-refractivity contribution in [3.8, 4) is 11.5 Å². The van der Waals surface area contributed by atoms with E-state index in [9.17, 15) is 10.2 Å². The molecule has 0 bridgehead atoms. The zero-order chi connectivity index (χ0) is 14.5. The molecular formula is C13H20BrNO4. The average molecular weight is 334 g/mol. The van der Waals surface area contributed by atoms with Crippen LogP contribution in [0.15, 0.2) is 16.6 Å². The van der Waals surface area contributed by atoms with Crippen molar-refractivity contribution in [1.29, 1.82) is 0 Å². The molecule has 0 aliphatic carbocycles. The molecule has 0 heterocycles. The van der Waals surface area contributed by atoms with Crippen molar-refractivity contribution in [3.05, 3.63) is 22.2 Å². The van der Waals surface area contributed by atoms with Gasteiger partial charge in [0.15, 0.2) is 11.5 Å². The number of benzene rings is 1. The molecule has 0 aliphatic heterocycles. The minimum Gasteiger partial charge on any atom is -0.493 e. The van der Waals surface area contributed by atoms with Gasteiger partial charge < -0.3 is 25.0 Å². The monoisotopic (exact) mass is 333 g/mol. The molecule has 0 radical (unpaired) electrons. The lowest BCUT2D eigenvalue weighted by atomic mass is 10.0. The van der Waals surface area contributed by atoms with Gasteiger partial charge >= 0.3 is 0 Å². The summed E-state index contributed by atoms with van der Waals surface area (Å²) >= 11 is 3.46. The van der Waals surface area contributed by atoms with Crippen LogP contribution in [0.4, 0.5) is 0 Å². The Labute approximate surface area is 121 Å². The molecule has 0 aromatic heterocycles. The summed E-state index contributed by atoms with van der Waals surface area (Å²) in [6.45, 7) is 1.95. The van der Waals surface area contributed by atoms with Crippen molar-refractivity contribution in [2.75, 3.05) is 27.4 Å². The van der Waals surface area contributed by atoms with Crippen LogP contribution in [0.3, 0.4) is 0 Å². The molecule has 0 saturated carbocycles. The molecular weight excluding hydrogens is 314 g/mol. The summed E-state index contributed by atoms with van der Waals surface area (Å²) in [6, 6.07) is 3.68. The highest BCUT2D eigenvalue weighted by Crippen LogP contribution is 2.33. The van der Waals surface area contributed by atoms with Crippen molar-refractivity contribution in [3.63, 3.8) is 0 Å². The Morgan fingerprint density at radius 2 is 1.68 bits per heavy atom. The first-order chi connectivity index (χ1) is 8.99. The van der Waals surface area contributed by atoms with E-state index in [0.717, 1.165) is 10.0 Å². The van der Waals surface area contributed by atoms with Gasteiger partial charge in [-0.2, -0.15) is 0 Å². The molecule has 108 valence electrons. The van der Waals surface area contributed by atoms with E-state index in [2.05, 4.69) is 21.2 Å². The molecule has 0 fully saturated rings. The van der Waals surface area contributed by atoms with Gasteiger partial charge in [-0.1, -0.05) is 15.9 Å². The fraction of sp³-hybridized carbons (Fsp3) is 0.538. The van der Waals surface area contributed by atoms with Crippen molar-refractivity contribution >= 4 is 15.9 Å². The van der Waals surface area contributed by atoms with E-state index in [-0.39, 0.29) is 13.2 Å². The predicted molar refractivity (Wildman–Crippen MR) is 76.7 cm³/mol. The zero-order valence-corrected chi connectivity index (χ0v) is 13.0. The third kappa shape index (κ3) is 4.07. The highest BCUT2D eigenvalue weighted by Gasteiger charge is 2.22. The van der Waals surface area contributed by atoms with Crippen molar-refractivity contribution in [2.45, 2.75) is 19.0 Å². The Morgan fingerprint density at radius 3 is 2.16 bits per heavy atom. The number of aliphatic hydroxyl groups is 2. The van der Waals surface area contributed by atoms with Crippen LogP contribution in [0, 0.1) is 0 Å². The highest BCUT2D eigenvalue weighted by atomic mass is 79.9. The number of hydrogen-bond acceptors (Lipinski definition) is 5. The standard InChI is InChI=1S/C13H20BrNO4/c1-13(7-16,8-17)15-6-9-4-11(18-2)12(19-3)5-10(9)14/h4-5,15-17H,6-8H2,1-3H3. The lowest BCUT2D eigenvalue weighted by molar-refractivity contribution is 0.103. The maximum atomic E-state index is 9.24. The van der Waals surface area contributed by atoms with Gasteiger partial charge in [0, 0.05) is 11.0 Å². The van der Waals surface area contributed by atoms with Gasteiger partial charge in [-0.25, -0.2) is 0 Å². The third-order valence-corrected chi connectivity index (χ3v) is 3.69. The van der Waals surface area contributed by atoms with Crippen LogP contribution in [0.1, 0.15) is 12.5 Å². The summed E-state index contributed by atoms with van der Waals surface area (Å²) < 4.78 is 11.3. The molecule has 0 atom stereocenters. The number of nitrogens with one attached hydrogen (secondary N) is 1. The normalized spacial score (nSPS) is 11.5. The van der Waals surface area contributed by atoms with E-state index in [1.165, 1.54) is 0 Å². The Balaban J connectivity index is 2.90. The van der Waals surface area contributed by atoms with Crippen LogP contribution in [-0.4, -0.2) is 43.2 Å². The van der Waals surface area contributed by atoms with Crippen molar-refractivity contribution in [2.24, 2.45) is 0 Å². The summed E-state index contributed by atoms with van der Waals surface area (Å²) in [5.74, 6) is 1.28. The lowest BCUT2D eigenvalue weighted by Gasteiger charge is -2.26. The first kappa shape index (κ1) is 16.2. The summed E-state index contributed by atoms with van der Waals surface area (Å²) in [5.41, 5.74) is 0.234. The number of methoxy groups -OCH3 is 2. The van der Waals surface area contributed by atoms with E-state index < -0.39 is 5.54 Å². The third-order valence-electron chi connectivity index (χ3n) is 2.96. The summed E-state index contributed by atoms with van der Waals surface area (Å²) in [4.78, 5) is 0. The second-order valence-corrected chi connectivity index (χ2v) is 5.38. The molecule has 5 nitrogen and oxygen atoms in total. The second-order valence-electron chi connectivity index (χ2n) is 4.53. The van der Waals surface area contributed by atoms with E-state index in [4.69, 9.17) is 9.47 Å². The topological polar surface area (TPSA) is 71.0 Å². The van der Waals surface area contributed by atoms with Crippen LogP contribution < -0.4 is 14.8 Å². The summed E-state index contributed by atoms with van der Waals surface area (Å²) in [6.07, 6.45) is 0. The Morgan fingerprint density at radius 1 is 1.16 bits per heavy atom. The Kier molecular flexibility index (Phi) is 6.06. The molecule has 0 amide bonds. The molecule has 0 unspecified atom stereocenters. The van der Waals surface area contributed by atoms with Crippen molar-refractivity contribution < 1.29 is 19.7 Å². The molecule has 0 aliphatic rings. The van der Waals surface area contributed by atoms with Gasteiger partial charge in [-0.3, -0.25) is 0 Å². The van der Waals surface area contributed by atoms with Crippen LogP contribution in [0.5, 0.6) is 11.5 Å². The molecule has 0 spiro atoms. The van der Waals surface area contributed by atoms with Gasteiger partial charge in [-0.15, -0.1) is 0 Å². The fourth-order valence-electron chi connectivity index (χ4n) is 1.50. The quantitative estimate of drug-likeness (QED) is 0.701. The summed E-state index contributed by atoms with van der Waals surface area (Å²) in [5, 5.41) is 21.6. The smallest absolute Gasteiger partial charge is 0.161 e. The predicted octanol–water partition coefficient (Wildman–Crippen LogP) is 1.30. The van der Waals surface area contributed by atoms with Gasteiger partial charge in [0.25, 0.3) is 0 Å². The van der Waals surface area contributed by atoms with Crippen LogP contribution >= 0.6 is 15.9 Å². The van der Waals surface area contributed by atoms with E-state index in [1.54, 1.807) is 21.1 Å². The van der Waals surface area contributed by atoms with Gasteiger partial charge in [-0.05, 0) is 24.6 Å². The Hall–Kier alpha value is -0.820. The number of aliphatic hydroxyl groups excluding tert-OH is 2. The number of rotatable bonds is 7. The molecule has 6 heteroatoms. The molecule has 19 heavy (non-hydrogen) atoms. The van der Waals surface area contributed by atoms with Gasteiger partial charge in [0.1, 0.15) is 0 Å². The fourth-order valence-corrected chi connectivity index (χ4v) is 1.96. The molecule has 1 rings (SSSR count). The maximum Gasteiger partial charge on any atom is 0.161 e. The number of ether oxygens (including phenoxy) is 2. The molecule has 0 saturated heterocycles. The van der Waals surface area contributed by atoms with Gasteiger partial charge in [0.05, 0.1) is 33.0 Å². The molecule has 3 N–H and O–H groups in total. The van der Waals surface area contributed by atoms with Crippen LogP contribution in [0.2, 0.25) is 0 Å². The first-order valence-electron chi connectivity index (χ1n) is 5.87. The summed E-state index contributed by atoms with van der Waals surface area (Å²) in [7, 11) is 3.16. The van der Waals surface area contributed by atoms with Crippen molar-refractivity contribution in [1.82, 2.24) is 5.32 Å². The van der Waals surface area contributed by atoms with Crippen LogP contribution in [0.25, 0.3) is 0 Å². The largest absolute Gasteiger partial charge is 0.493 e. The first-order valence-corrected chi connectivity index (χ1v) is 6.66. The molecule has 1 aromatic carbocycles. The average Bonchev–Trinajstić information content (AvgIpc) is 2.45. The lowest BCUT2D eigenvalue weighted by Crippen LogP contribution is -2.48. The number of halogens is 1. The Bertz CT molecular complexity index is 421. The molecule has 1 aromatic rings. The minimum absolute atomic E-state index is 0.144. The van der Waals surface area contributed by atoms with Gasteiger partial charge in [0.2, 0.25) is 0 Å². The maximum absolute atomic E-state index is 9.24.